The first-order chi connectivity index (χ1) is 13.5. The molecule has 1 saturated heterocycles. The van der Waals surface area contributed by atoms with Gasteiger partial charge in [0, 0.05) is 37.9 Å². The molecule has 1 N–H and O–H groups in total. The van der Waals surface area contributed by atoms with Crippen LogP contribution in [0.3, 0.4) is 0 Å². The summed E-state index contributed by atoms with van der Waals surface area (Å²) in [7, 11) is 3.14. The second kappa shape index (κ2) is 8.55. The molecule has 2 aromatic rings. The minimum Gasteiger partial charge on any atom is -0.497 e. The van der Waals surface area contributed by atoms with Crippen molar-refractivity contribution in [2.45, 2.75) is 6.92 Å². The van der Waals surface area contributed by atoms with E-state index in [0.29, 0.717) is 60.7 Å². The number of aryl methyl sites for hydroxylation is 1. The van der Waals surface area contributed by atoms with Gasteiger partial charge in [-0.05, 0) is 25.1 Å². The summed E-state index contributed by atoms with van der Waals surface area (Å²) in [6.07, 6.45) is 0.806. The average Bonchev–Trinajstić information content (AvgIpc) is 2.73. The maximum atomic E-state index is 12.8. The van der Waals surface area contributed by atoms with Gasteiger partial charge in [-0.15, -0.1) is 0 Å². The monoisotopic (exact) mass is 385 g/mol. The van der Waals surface area contributed by atoms with Crippen LogP contribution in [-0.4, -0.2) is 72.5 Å². The lowest BCUT2D eigenvalue weighted by Crippen LogP contribution is -2.48. The SMILES string of the molecule is COc1ccc(Nc2nc(C)cc(C(=O)N3CCN(C=O)CC3)n2)c(OC)c1. The first-order valence-electron chi connectivity index (χ1n) is 8.87. The molecule has 9 nitrogen and oxygen atoms in total. The minimum atomic E-state index is -0.180. The Kier molecular flexibility index (Phi) is 5.93. The molecule has 0 aliphatic carbocycles. The van der Waals surface area contributed by atoms with Crippen LogP contribution >= 0.6 is 0 Å². The van der Waals surface area contributed by atoms with E-state index >= 15 is 0 Å². The summed E-state index contributed by atoms with van der Waals surface area (Å²) in [4.78, 5) is 35.7. The molecule has 1 aromatic carbocycles. The van der Waals surface area contributed by atoms with Gasteiger partial charge in [0.2, 0.25) is 12.4 Å². The van der Waals surface area contributed by atoms with Crippen LogP contribution in [0.5, 0.6) is 11.5 Å². The van der Waals surface area contributed by atoms with Crippen LogP contribution < -0.4 is 14.8 Å². The number of rotatable bonds is 6. The number of benzene rings is 1. The van der Waals surface area contributed by atoms with Crippen LogP contribution in [0.15, 0.2) is 24.3 Å². The van der Waals surface area contributed by atoms with E-state index in [1.54, 1.807) is 55.2 Å². The molecule has 1 aliphatic heterocycles. The topological polar surface area (TPSA) is 96.9 Å². The van der Waals surface area contributed by atoms with E-state index in [4.69, 9.17) is 9.47 Å². The molecule has 0 atom stereocenters. The lowest BCUT2D eigenvalue weighted by Gasteiger charge is -2.32. The highest BCUT2D eigenvalue weighted by atomic mass is 16.5. The lowest BCUT2D eigenvalue weighted by atomic mass is 10.2. The van der Waals surface area contributed by atoms with E-state index in [9.17, 15) is 9.59 Å². The van der Waals surface area contributed by atoms with Gasteiger partial charge in [-0.2, -0.15) is 0 Å². The van der Waals surface area contributed by atoms with E-state index in [1.165, 1.54) is 0 Å². The number of nitrogens with zero attached hydrogens (tertiary/aromatic N) is 4. The second-order valence-electron chi connectivity index (χ2n) is 6.34. The molecule has 1 fully saturated rings. The first kappa shape index (κ1) is 19.4. The van der Waals surface area contributed by atoms with Crippen molar-refractivity contribution in [1.29, 1.82) is 0 Å². The summed E-state index contributed by atoms with van der Waals surface area (Å²) < 4.78 is 10.6. The number of ether oxygens (including phenoxy) is 2. The Morgan fingerprint density at radius 1 is 1.11 bits per heavy atom. The van der Waals surface area contributed by atoms with Crippen molar-refractivity contribution in [3.05, 3.63) is 35.7 Å². The first-order valence-corrected chi connectivity index (χ1v) is 8.87. The van der Waals surface area contributed by atoms with Gasteiger partial charge in [0.25, 0.3) is 5.91 Å². The Balaban J connectivity index is 1.80. The van der Waals surface area contributed by atoms with Gasteiger partial charge in [-0.3, -0.25) is 9.59 Å². The molecule has 2 heterocycles. The van der Waals surface area contributed by atoms with Crippen LogP contribution in [0, 0.1) is 6.92 Å². The number of nitrogens with one attached hydrogen (secondary N) is 1. The van der Waals surface area contributed by atoms with E-state index in [0.717, 1.165) is 6.41 Å². The lowest BCUT2D eigenvalue weighted by molar-refractivity contribution is -0.119. The highest BCUT2D eigenvalue weighted by Crippen LogP contribution is 2.30. The standard InChI is InChI=1S/C19H23N5O4/c1-13-10-16(18(26)24-8-6-23(12-25)7-9-24)22-19(20-13)21-15-5-4-14(27-2)11-17(15)28-3/h4-5,10-12H,6-9H2,1-3H3,(H,20,21,22). The van der Waals surface area contributed by atoms with Crippen LogP contribution in [-0.2, 0) is 4.79 Å². The molecule has 28 heavy (non-hydrogen) atoms. The number of methoxy groups -OCH3 is 2. The normalized spacial score (nSPS) is 13.8. The molecule has 3 rings (SSSR count). The predicted molar refractivity (Wildman–Crippen MR) is 103 cm³/mol. The molecule has 1 aromatic heterocycles. The summed E-state index contributed by atoms with van der Waals surface area (Å²) in [6.45, 7) is 3.81. The van der Waals surface area contributed by atoms with Gasteiger partial charge >= 0.3 is 0 Å². The van der Waals surface area contributed by atoms with E-state index in [2.05, 4.69) is 15.3 Å². The van der Waals surface area contributed by atoms with Gasteiger partial charge in [-0.25, -0.2) is 9.97 Å². The molecule has 2 amide bonds. The molecular formula is C19H23N5O4. The Bertz CT molecular complexity index is 865. The van der Waals surface area contributed by atoms with Gasteiger partial charge in [0.15, 0.2) is 0 Å². The molecule has 1 aliphatic rings. The summed E-state index contributed by atoms with van der Waals surface area (Å²) >= 11 is 0. The van der Waals surface area contributed by atoms with E-state index in [1.807, 2.05) is 0 Å². The molecule has 148 valence electrons. The van der Waals surface area contributed by atoms with Crippen molar-refractivity contribution in [2.24, 2.45) is 0 Å². The molecular weight excluding hydrogens is 362 g/mol. The van der Waals surface area contributed by atoms with E-state index in [-0.39, 0.29) is 5.91 Å². The van der Waals surface area contributed by atoms with E-state index < -0.39 is 0 Å². The minimum absolute atomic E-state index is 0.180. The number of amides is 2. The fourth-order valence-corrected chi connectivity index (χ4v) is 2.95. The zero-order valence-electron chi connectivity index (χ0n) is 16.1. The Morgan fingerprint density at radius 2 is 1.86 bits per heavy atom. The van der Waals surface area contributed by atoms with Crippen LogP contribution in [0.4, 0.5) is 11.6 Å². The van der Waals surface area contributed by atoms with Crippen molar-refractivity contribution in [2.75, 3.05) is 45.7 Å². The van der Waals surface area contributed by atoms with Gasteiger partial charge in [0.05, 0.1) is 19.9 Å². The predicted octanol–water partition coefficient (Wildman–Crippen LogP) is 1.46. The number of carbonyl (C=O) groups is 2. The largest absolute Gasteiger partial charge is 0.497 e. The molecule has 0 bridgehead atoms. The maximum Gasteiger partial charge on any atom is 0.272 e. The van der Waals surface area contributed by atoms with Gasteiger partial charge in [-0.1, -0.05) is 0 Å². The quantitative estimate of drug-likeness (QED) is 0.752. The smallest absolute Gasteiger partial charge is 0.272 e. The van der Waals surface area contributed by atoms with Gasteiger partial charge in [0.1, 0.15) is 17.2 Å². The molecule has 0 unspecified atom stereocenters. The Hall–Kier alpha value is -3.36. The molecule has 9 heteroatoms. The Labute approximate surface area is 163 Å². The third kappa shape index (κ3) is 4.30. The zero-order chi connectivity index (χ0) is 20.1. The fraction of sp³-hybridized carbons (Fsp3) is 0.368. The van der Waals surface area contributed by atoms with Crippen molar-refractivity contribution >= 4 is 24.0 Å². The van der Waals surface area contributed by atoms with Crippen molar-refractivity contribution in [3.8, 4) is 11.5 Å². The summed E-state index contributed by atoms with van der Waals surface area (Å²) in [6, 6.07) is 6.99. The maximum absolute atomic E-state index is 12.8. The van der Waals surface area contributed by atoms with Gasteiger partial charge < -0.3 is 24.6 Å². The molecule has 0 radical (unpaired) electrons. The number of hydrogen-bond acceptors (Lipinski definition) is 7. The fourth-order valence-electron chi connectivity index (χ4n) is 2.95. The third-order valence-electron chi connectivity index (χ3n) is 4.48. The second-order valence-corrected chi connectivity index (χ2v) is 6.34. The third-order valence-corrected chi connectivity index (χ3v) is 4.48. The molecule has 0 saturated carbocycles. The van der Waals surface area contributed by atoms with Crippen LogP contribution in [0.1, 0.15) is 16.2 Å². The van der Waals surface area contributed by atoms with Crippen molar-refractivity contribution in [3.63, 3.8) is 0 Å². The summed E-state index contributed by atoms with van der Waals surface area (Å²) in [5.41, 5.74) is 1.63. The highest BCUT2D eigenvalue weighted by molar-refractivity contribution is 5.93. The zero-order valence-corrected chi connectivity index (χ0v) is 16.1. The number of carbonyl (C=O) groups excluding carboxylic acids is 2. The average molecular weight is 385 g/mol. The number of aromatic nitrogens is 2. The van der Waals surface area contributed by atoms with Crippen molar-refractivity contribution in [1.82, 2.24) is 19.8 Å². The number of anilines is 2. The van der Waals surface area contributed by atoms with Crippen LogP contribution in [0.2, 0.25) is 0 Å². The van der Waals surface area contributed by atoms with Crippen molar-refractivity contribution < 1.29 is 19.1 Å². The number of hydrogen-bond donors (Lipinski definition) is 1. The van der Waals surface area contributed by atoms with Crippen LogP contribution in [0.25, 0.3) is 0 Å². The molecule has 0 spiro atoms. The summed E-state index contributed by atoms with van der Waals surface area (Å²) in [5, 5.41) is 3.10. The summed E-state index contributed by atoms with van der Waals surface area (Å²) in [5.74, 6) is 1.36. The Morgan fingerprint density at radius 3 is 2.50 bits per heavy atom. The number of piperazine rings is 1. The highest BCUT2D eigenvalue weighted by Gasteiger charge is 2.23.